The van der Waals surface area contributed by atoms with Crippen LogP contribution in [0.15, 0.2) is 47.2 Å². The average molecular weight is 363 g/mol. The van der Waals surface area contributed by atoms with Crippen molar-refractivity contribution in [2.24, 2.45) is 0 Å². The first-order valence-corrected chi connectivity index (χ1v) is 8.77. The third-order valence-electron chi connectivity index (χ3n) is 4.70. The van der Waals surface area contributed by atoms with E-state index in [4.69, 9.17) is 13.9 Å². The summed E-state index contributed by atoms with van der Waals surface area (Å²) in [5, 5.41) is 8.94. The van der Waals surface area contributed by atoms with E-state index in [1.54, 1.807) is 14.2 Å². The largest absolute Gasteiger partial charge is 0.493 e. The molecule has 0 aliphatic carbocycles. The molecule has 2 aromatic heterocycles. The minimum Gasteiger partial charge on any atom is -0.493 e. The molecule has 0 atom stereocenters. The Kier molecular flexibility index (Phi) is 4.32. The smallest absolute Gasteiger partial charge is 0.247 e. The SMILES string of the molecule is COc1ccc(-c2[nH]c3ccc(-c4nnco4)cc3c2C(C)C)cc1OC. The highest BCUT2D eigenvalue weighted by Crippen LogP contribution is 2.39. The Hall–Kier alpha value is -3.28. The topological polar surface area (TPSA) is 73.2 Å². The number of nitrogens with one attached hydrogen (secondary N) is 1. The zero-order chi connectivity index (χ0) is 19.0. The normalized spacial score (nSPS) is 11.3. The van der Waals surface area contributed by atoms with E-state index in [9.17, 15) is 0 Å². The standard InChI is InChI=1S/C21H21N3O3/c1-12(2)19-15-9-14(21-24-22-11-27-21)5-7-16(15)23-20(19)13-6-8-17(25-3)18(10-13)26-4/h5-12,23H,1-4H3. The maximum atomic E-state index is 5.47. The van der Waals surface area contributed by atoms with E-state index in [1.807, 2.05) is 30.3 Å². The predicted octanol–water partition coefficient (Wildman–Crippen LogP) is 5.03. The maximum Gasteiger partial charge on any atom is 0.247 e. The molecule has 1 N–H and O–H groups in total. The minimum atomic E-state index is 0.319. The van der Waals surface area contributed by atoms with Crippen LogP contribution in [0.1, 0.15) is 25.3 Å². The fraction of sp³-hybridized carbons (Fsp3) is 0.238. The van der Waals surface area contributed by atoms with Crippen molar-refractivity contribution in [2.75, 3.05) is 14.2 Å². The van der Waals surface area contributed by atoms with Crippen molar-refractivity contribution < 1.29 is 13.9 Å². The molecule has 2 aromatic carbocycles. The lowest BCUT2D eigenvalue weighted by Gasteiger charge is -2.12. The van der Waals surface area contributed by atoms with Crippen LogP contribution in [-0.2, 0) is 0 Å². The van der Waals surface area contributed by atoms with Gasteiger partial charge in [0.1, 0.15) is 0 Å². The van der Waals surface area contributed by atoms with Gasteiger partial charge < -0.3 is 18.9 Å². The molecule has 0 saturated heterocycles. The van der Waals surface area contributed by atoms with Crippen LogP contribution in [0.25, 0.3) is 33.6 Å². The number of H-pyrrole nitrogens is 1. The van der Waals surface area contributed by atoms with Crippen LogP contribution in [0.4, 0.5) is 0 Å². The number of benzene rings is 2. The lowest BCUT2D eigenvalue weighted by atomic mass is 9.95. The molecule has 0 aliphatic rings. The van der Waals surface area contributed by atoms with Crippen molar-refractivity contribution in [3.8, 4) is 34.2 Å². The molecule has 6 nitrogen and oxygen atoms in total. The number of fused-ring (bicyclic) bond motifs is 1. The van der Waals surface area contributed by atoms with Crippen LogP contribution in [-0.4, -0.2) is 29.4 Å². The second kappa shape index (κ2) is 6.79. The van der Waals surface area contributed by atoms with E-state index in [-0.39, 0.29) is 0 Å². The van der Waals surface area contributed by atoms with Crippen LogP contribution in [0.3, 0.4) is 0 Å². The molecule has 0 aliphatic heterocycles. The average Bonchev–Trinajstić information content (AvgIpc) is 3.34. The number of ether oxygens (including phenoxy) is 2. The summed E-state index contributed by atoms with van der Waals surface area (Å²) in [4.78, 5) is 3.56. The fourth-order valence-corrected chi connectivity index (χ4v) is 3.46. The molecule has 0 bridgehead atoms. The lowest BCUT2D eigenvalue weighted by molar-refractivity contribution is 0.355. The summed E-state index contributed by atoms with van der Waals surface area (Å²) >= 11 is 0. The first kappa shape index (κ1) is 17.1. The molecule has 4 rings (SSSR count). The molecule has 0 spiro atoms. The van der Waals surface area contributed by atoms with Gasteiger partial charge in [-0.05, 0) is 47.9 Å². The number of aromatic nitrogens is 3. The number of rotatable bonds is 5. The summed E-state index contributed by atoms with van der Waals surface area (Å²) < 4.78 is 16.2. The van der Waals surface area contributed by atoms with E-state index in [0.29, 0.717) is 23.3 Å². The third-order valence-corrected chi connectivity index (χ3v) is 4.70. The quantitative estimate of drug-likeness (QED) is 0.538. The molecule has 0 fully saturated rings. The summed E-state index contributed by atoms with van der Waals surface area (Å²) in [6.07, 6.45) is 1.34. The van der Waals surface area contributed by atoms with Crippen molar-refractivity contribution in [1.29, 1.82) is 0 Å². The lowest BCUT2D eigenvalue weighted by Crippen LogP contribution is -1.93. The van der Waals surface area contributed by atoms with Gasteiger partial charge >= 0.3 is 0 Å². The Balaban J connectivity index is 1.92. The van der Waals surface area contributed by atoms with Crippen molar-refractivity contribution in [3.05, 3.63) is 48.4 Å². The summed E-state index contributed by atoms with van der Waals surface area (Å²) in [7, 11) is 3.28. The Morgan fingerprint density at radius 3 is 2.41 bits per heavy atom. The molecule has 0 unspecified atom stereocenters. The Morgan fingerprint density at radius 2 is 1.74 bits per heavy atom. The molecule has 0 amide bonds. The Labute approximate surface area is 157 Å². The van der Waals surface area contributed by atoms with E-state index in [0.717, 1.165) is 27.7 Å². The summed E-state index contributed by atoms with van der Waals surface area (Å²) in [6.45, 7) is 4.37. The second-order valence-corrected chi connectivity index (χ2v) is 6.64. The Morgan fingerprint density at radius 1 is 0.963 bits per heavy atom. The molecular formula is C21H21N3O3. The van der Waals surface area contributed by atoms with E-state index < -0.39 is 0 Å². The van der Waals surface area contributed by atoms with Crippen molar-refractivity contribution in [3.63, 3.8) is 0 Å². The molecule has 4 aromatic rings. The fourth-order valence-electron chi connectivity index (χ4n) is 3.46. The molecule has 0 saturated carbocycles. The van der Waals surface area contributed by atoms with Gasteiger partial charge in [0.25, 0.3) is 0 Å². The number of hydrogen-bond donors (Lipinski definition) is 1. The third kappa shape index (κ3) is 2.93. The van der Waals surface area contributed by atoms with Crippen LogP contribution < -0.4 is 9.47 Å². The van der Waals surface area contributed by atoms with E-state index in [1.165, 1.54) is 12.0 Å². The number of nitrogens with zero attached hydrogens (tertiary/aromatic N) is 2. The van der Waals surface area contributed by atoms with Gasteiger partial charge in [0.2, 0.25) is 12.3 Å². The zero-order valence-electron chi connectivity index (χ0n) is 15.7. The molecule has 0 radical (unpaired) electrons. The molecule has 138 valence electrons. The number of hydrogen-bond acceptors (Lipinski definition) is 5. The minimum absolute atomic E-state index is 0.319. The zero-order valence-corrected chi connectivity index (χ0v) is 15.7. The number of aromatic amines is 1. The first-order valence-electron chi connectivity index (χ1n) is 8.77. The highest BCUT2D eigenvalue weighted by atomic mass is 16.5. The second-order valence-electron chi connectivity index (χ2n) is 6.64. The first-order chi connectivity index (χ1) is 13.1. The van der Waals surface area contributed by atoms with Crippen LogP contribution in [0.5, 0.6) is 11.5 Å². The molecule has 27 heavy (non-hydrogen) atoms. The summed E-state index contributed by atoms with van der Waals surface area (Å²) in [5.41, 5.74) is 5.32. The highest BCUT2D eigenvalue weighted by molar-refractivity contribution is 5.94. The molecular weight excluding hydrogens is 342 g/mol. The van der Waals surface area contributed by atoms with Gasteiger partial charge in [-0.3, -0.25) is 0 Å². The highest BCUT2D eigenvalue weighted by Gasteiger charge is 2.18. The van der Waals surface area contributed by atoms with E-state index in [2.05, 4.69) is 35.1 Å². The van der Waals surface area contributed by atoms with Crippen molar-refractivity contribution in [1.82, 2.24) is 15.2 Å². The van der Waals surface area contributed by atoms with Gasteiger partial charge in [-0.1, -0.05) is 13.8 Å². The van der Waals surface area contributed by atoms with Gasteiger partial charge in [0.15, 0.2) is 11.5 Å². The summed E-state index contributed by atoms with van der Waals surface area (Å²) in [6, 6.07) is 12.1. The van der Waals surface area contributed by atoms with Gasteiger partial charge in [-0.15, -0.1) is 10.2 Å². The van der Waals surface area contributed by atoms with Crippen molar-refractivity contribution in [2.45, 2.75) is 19.8 Å². The van der Waals surface area contributed by atoms with Gasteiger partial charge in [-0.2, -0.15) is 0 Å². The van der Waals surface area contributed by atoms with Crippen molar-refractivity contribution >= 4 is 10.9 Å². The monoisotopic (exact) mass is 363 g/mol. The molecule has 2 heterocycles. The molecule has 6 heteroatoms. The van der Waals surface area contributed by atoms with Crippen LogP contribution in [0, 0.1) is 0 Å². The van der Waals surface area contributed by atoms with E-state index >= 15 is 0 Å². The van der Waals surface area contributed by atoms with Crippen LogP contribution in [0.2, 0.25) is 0 Å². The van der Waals surface area contributed by atoms with Crippen LogP contribution >= 0.6 is 0 Å². The van der Waals surface area contributed by atoms with Gasteiger partial charge in [0.05, 0.1) is 19.9 Å². The maximum absolute atomic E-state index is 5.47. The van der Waals surface area contributed by atoms with Gasteiger partial charge in [-0.25, -0.2) is 0 Å². The predicted molar refractivity (Wildman–Crippen MR) is 104 cm³/mol. The Bertz CT molecular complexity index is 1080. The van der Waals surface area contributed by atoms with Gasteiger partial charge in [0, 0.05) is 22.0 Å². The number of methoxy groups -OCH3 is 2. The summed E-state index contributed by atoms with van der Waals surface area (Å²) in [5.74, 6) is 2.25.